The number of nitrogens with zero attached hydrogens (tertiary/aromatic N) is 4. The summed E-state index contributed by atoms with van der Waals surface area (Å²) in [6, 6.07) is 11.0. The van der Waals surface area contributed by atoms with Gasteiger partial charge in [-0.05, 0) is 94.5 Å². The number of ether oxygens (including phenoxy) is 1. The first-order valence-corrected chi connectivity index (χ1v) is 18.7. The predicted octanol–water partition coefficient (Wildman–Crippen LogP) is 7.03. The van der Waals surface area contributed by atoms with E-state index < -0.39 is 49.8 Å². The minimum atomic E-state index is -4.57. The number of hydrogen-bond acceptors (Lipinski definition) is 8. The van der Waals surface area contributed by atoms with E-state index in [0.29, 0.717) is 47.6 Å². The number of benzene rings is 3. The van der Waals surface area contributed by atoms with Gasteiger partial charge in [0.15, 0.2) is 5.17 Å². The Hall–Kier alpha value is -3.30. The van der Waals surface area contributed by atoms with Gasteiger partial charge >= 0.3 is 5.97 Å². The second-order valence-electron chi connectivity index (χ2n) is 12.9. The molecule has 15 heteroatoms. The number of thioether (sulfide) groups is 1. The highest BCUT2D eigenvalue weighted by atomic mass is 35.5. The topological polar surface area (TPSA) is 103 Å². The van der Waals surface area contributed by atoms with Crippen molar-refractivity contribution in [2.45, 2.75) is 61.8 Å². The summed E-state index contributed by atoms with van der Waals surface area (Å²) in [6.45, 7) is 6.10. The van der Waals surface area contributed by atoms with E-state index in [2.05, 4.69) is 0 Å². The Morgan fingerprint density at radius 3 is 2.28 bits per heavy atom. The van der Waals surface area contributed by atoms with Crippen molar-refractivity contribution in [3.8, 4) is 5.75 Å². The standard InChI is InChI=1S/C35H42ClF3N4O5S2/c1-22(33(44)45)42(16-8-7-15-41(4)5)50(46,47)26-18-29(38)27(30(39)19-26)21-49-34-40-20-32(43(34)25-12-10-24(37)11-13-25)35(2,3)23-9-14-28(36)31(17-23)48-6/h9-14,17-19,22,32H,7-8,15-16,20-21H2,1-6H3,(H,44,45)/t22-,32?/m1/s1. The number of sulfonamides is 1. The zero-order valence-electron chi connectivity index (χ0n) is 28.8. The lowest BCUT2D eigenvalue weighted by Crippen LogP contribution is -2.48. The van der Waals surface area contributed by atoms with Gasteiger partial charge in [0.2, 0.25) is 10.0 Å². The molecule has 272 valence electrons. The second-order valence-corrected chi connectivity index (χ2v) is 16.1. The lowest BCUT2D eigenvalue weighted by atomic mass is 9.77. The van der Waals surface area contributed by atoms with E-state index in [4.69, 9.17) is 21.3 Å². The molecular weight excluding hydrogens is 713 g/mol. The van der Waals surface area contributed by atoms with Gasteiger partial charge in [-0.1, -0.05) is 43.3 Å². The largest absolute Gasteiger partial charge is 0.495 e. The van der Waals surface area contributed by atoms with Gasteiger partial charge in [-0.2, -0.15) is 4.31 Å². The summed E-state index contributed by atoms with van der Waals surface area (Å²) in [7, 11) is 0.670. The van der Waals surface area contributed by atoms with Gasteiger partial charge in [0.05, 0.1) is 29.6 Å². The highest BCUT2D eigenvalue weighted by Gasteiger charge is 2.42. The summed E-state index contributed by atoms with van der Waals surface area (Å²) in [5.74, 6) is -3.74. The molecule has 1 unspecified atom stereocenters. The molecule has 0 aromatic heterocycles. The molecule has 0 spiro atoms. The Bertz CT molecular complexity index is 1800. The summed E-state index contributed by atoms with van der Waals surface area (Å²) >= 11 is 7.34. The number of aliphatic imine (C=N–C) groups is 1. The van der Waals surface area contributed by atoms with E-state index in [9.17, 15) is 22.7 Å². The monoisotopic (exact) mass is 754 g/mol. The third-order valence-corrected chi connectivity index (χ3v) is 12.1. The third-order valence-electron chi connectivity index (χ3n) is 8.84. The quantitative estimate of drug-likeness (QED) is 0.165. The molecule has 1 aliphatic rings. The van der Waals surface area contributed by atoms with Crippen LogP contribution in [0, 0.1) is 17.5 Å². The number of halogens is 4. The summed E-state index contributed by atoms with van der Waals surface area (Å²) in [5, 5.41) is 10.5. The zero-order chi connectivity index (χ0) is 37.0. The van der Waals surface area contributed by atoms with Crippen LogP contribution in [0.4, 0.5) is 18.9 Å². The van der Waals surface area contributed by atoms with Crippen molar-refractivity contribution in [3.63, 3.8) is 0 Å². The number of aliphatic carboxylic acids is 1. The van der Waals surface area contributed by atoms with Crippen LogP contribution < -0.4 is 9.64 Å². The summed E-state index contributed by atoms with van der Waals surface area (Å²) in [4.78, 5) is 19.7. The highest BCUT2D eigenvalue weighted by Crippen LogP contribution is 2.41. The van der Waals surface area contributed by atoms with Gasteiger partial charge < -0.3 is 19.6 Å². The normalized spacial score (nSPS) is 15.9. The Morgan fingerprint density at radius 2 is 1.70 bits per heavy atom. The Kier molecular flexibility index (Phi) is 12.9. The predicted molar refractivity (Wildman–Crippen MR) is 192 cm³/mol. The molecule has 4 rings (SSSR count). The highest BCUT2D eigenvalue weighted by molar-refractivity contribution is 8.13. The molecule has 0 bridgehead atoms. The minimum Gasteiger partial charge on any atom is -0.495 e. The van der Waals surface area contributed by atoms with E-state index in [1.54, 1.807) is 18.2 Å². The molecule has 0 saturated heterocycles. The second kappa shape index (κ2) is 16.4. The molecule has 3 aromatic carbocycles. The minimum absolute atomic E-state index is 0.135. The molecule has 0 aliphatic carbocycles. The van der Waals surface area contributed by atoms with E-state index >= 15 is 8.78 Å². The Morgan fingerprint density at radius 1 is 1.08 bits per heavy atom. The van der Waals surface area contributed by atoms with Crippen LogP contribution >= 0.6 is 23.4 Å². The zero-order valence-corrected chi connectivity index (χ0v) is 31.2. The van der Waals surface area contributed by atoms with Crippen LogP contribution in [0.3, 0.4) is 0 Å². The van der Waals surface area contributed by atoms with E-state index in [1.807, 2.05) is 49.9 Å². The average Bonchev–Trinajstić information content (AvgIpc) is 3.49. The van der Waals surface area contributed by atoms with Crippen molar-refractivity contribution in [3.05, 3.63) is 88.2 Å². The first kappa shape index (κ1) is 39.5. The van der Waals surface area contributed by atoms with E-state index in [0.717, 1.165) is 33.8 Å². The number of anilines is 1. The van der Waals surface area contributed by atoms with Gasteiger partial charge in [-0.25, -0.2) is 21.6 Å². The molecule has 0 saturated carbocycles. The number of methoxy groups -OCH3 is 1. The van der Waals surface area contributed by atoms with Gasteiger partial charge in [0, 0.05) is 29.0 Å². The fourth-order valence-electron chi connectivity index (χ4n) is 5.75. The molecule has 2 atom stereocenters. The molecule has 1 heterocycles. The summed E-state index contributed by atoms with van der Waals surface area (Å²) in [6.07, 6.45) is 0.944. The van der Waals surface area contributed by atoms with Crippen molar-refractivity contribution in [2.75, 3.05) is 45.7 Å². The molecule has 0 amide bonds. The van der Waals surface area contributed by atoms with Crippen LogP contribution in [0.2, 0.25) is 5.02 Å². The molecular formula is C35H42ClF3N4O5S2. The number of carbonyl (C=O) groups is 1. The molecule has 50 heavy (non-hydrogen) atoms. The van der Waals surface area contributed by atoms with Gasteiger partial charge in [-0.3, -0.25) is 9.79 Å². The van der Waals surface area contributed by atoms with Gasteiger partial charge in [0.25, 0.3) is 0 Å². The van der Waals surface area contributed by atoms with Crippen molar-refractivity contribution in [1.82, 2.24) is 9.21 Å². The van der Waals surface area contributed by atoms with Crippen LogP contribution in [0.25, 0.3) is 0 Å². The number of unbranched alkanes of at least 4 members (excludes halogenated alkanes) is 1. The SMILES string of the molecule is COc1cc(C(C)(C)C2CN=C(SCc3c(F)cc(S(=O)(=O)N(CCCCN(C)C)[C@H](C)C(=O)O)cc3F)N2c2ccc(F)cc2)ccc1Cl. The fraction of sp³-hybridized carbons (Fsp3) is 0.429. The fourth-order valence-corrected chi connectivity index (χ4v) is 8.68. The molecule has 1 N–H and O–H groups in total. The van der Waals surface area contributed by atoms with Gasteiger partial charge in [-0.15, -0.1) is 0 Å². The molecule has 0 fully saturated rings. The van der Waals surface area contributed by atoms with Crippen LogP contribution in [-0.4, -0.2) is 86.8 Å². The Balaban J connectivity index is 1.61. The van der Waals surface area contributed by atoms with Crippen molar-refractivity contribution in [2.24, 2.45) is 4.99 Å². The van der Waals surface area contributed by atoms with Crippen LogP contribution in [0.5, 0.6) is 5.75 Å². The number of amidine groups is 1. The van der Waals surface area contributed by atoms with Gasteiger partial charge in [0.1, 0.15) is 29.2 Å². The lowest BCUT2D eigenvalue weighted by Gasteiger charge is -2.39. The average molecular weight is 755 g/mol. The van der Waals surface area contributed by atoms with Crippen LogP contribution in [0.1, 0.15) is 44.7 Å². The molecule has 1 aliphatic heterocycles. The third kappa shape index (κ3) is 8.76. The lowest BCUT2D eigenvalue weighted by molar-refractivity contribution is -0.140. The summed E-state index contributed by atoms with van der Waals surface area (Å²) < 4.78 is 78.5. The number of carboxylic acid groups (broad SMARTS) is 1. The molecule has 9 nitrogen and oxygen atoms in total. The molecule has 0 radical (unpaired) electrons. The maximum atomic E-state index is 15.6. The van der Waals surface area contributed by atoms with E-state index in [-0.39, 0.29) is 23.9 Å². The number of rotatable bonds is 15. The van der Waals surface area contributed by atoms with Crippen LogP contribution in [-0.2, 0) is 26.0 Å². The first-order valence-electron chi connectivity index (χ1n) is 15.9. The van der Waals surface area contributed by atoms with E-state index in [1.165, 1.54) is 26.2 Å². The summed E-state index contributed by atoms with van der Waals surface area (Å²) in [5.41, 5.74) is 0.574. The van der Waals surface area contributed by atoms with Crippen LogP contribution in [0.15, 0.2) is 64.5 Å². The number of carboxylic acids is 1. The smallest absolute Gasteiger partial charge is 0.321 e. The molecule has 3 aromatic rings. The van der Waals surface area contributed by atoms with Crippen molar-refractivity contribution < 1.29 is 36.2 Å². The van der Waals surface area contributed by atoms with Crippen molar-refractivity contribution in [1.29, 1.82) is 0 Å². The maximum Gasteiger partial charge on any atom is 0.321 e. The number of hydrogen-bond donors (Lipinski definition) is 1. The van der Waals surface area contributed by atoms with Crippen molar-refractivity contribution >= 4 is 50.2 Å². The Labute approximate surface area is 301 Å². The first-order chi connectivity index (χ1) is 23.5. The maximum absolute atomic E-state index is 15.6.